The molecule has 7 nitrogen and oxygen atoms in total. The van der Waals surface area contributed by atoms with E-state index in [1.807, 2.05) is 61.5 Å². The number of anilines is 2. The number of amides is 3. The first-order valence-electron chi connectivity index (χ1n) is 14.3. The summed E-state index contributed by atoms with van der Waals surface area (Å²) in [6.07, 6.45) is 4.64. The average molecular weight is 539 g/mol. The highest BCUT2D eigenvalue weighted by molar-refractivity contribution is 6.05. The molecule has 5 rings (SSSR count). The molecular formula is C33H38N4O3. The van der Waals surface area contributed by atoms with Crippen LogP contribution in [0, 0.1) is 0 Å². The minimum Gasteiger partial charge on any atom is -0.352 e. The van der Waals surface area contributed by atoms with Crippen molar-refractivity contribution in [3.05, 3.63) is 83.4 Å². The molecule has 2 aliphatic rings. The fraction of sp³-hybridized carbons (Fsp3) is 0.364. The van der Waals surface area contributed by atoms with Gasteiger partial charge in [-0.1, -0.05) is 49.4 Å². The number of aryl methyl sites for hydroxylation is 1. The molecule has 0 bridgehead atoms. The number of nitrogens with one attached hydrogen (secondary N) is 2. The summed E-state index contributed by atoms with van der Waals surface area (Å²) in [5, 5.41) is 6.23. The molecular weight excluding hydrogens is 500 g/mol. The average Bonchev–Trinajstić information content (AvgIpc) is 2.96. The van der Waals surface area contributed by atoms with Gasteiger partial charge in [-0.2, -0.15) is 0 Å². The van der Waals surface area contributed by atoms with E-state index in [4.69, 9.17) is 0 Å². The fourth-order valence-electron chi connectivity index (χ4n) is 5.76. The van der Waals surface area contributed by atoms with E-state index in [0.717, 1.165) is 66.7 Å². The molecule has 208 valence electrons. The zero-order valence-electron chi connectivity index (χ0n) is 23.4. The molecule has 1 saturated heterocycles. The molecule has 0 spiro atoms. The first-order valence-corrected chi connectivity index (χ1v) is 14.3. The zero-order valence-corrected chi connectivity index (χ0v) is 23.4. The Morgan fingerprint density at radius 2 is 1.82 bits per heavy atom. The molecule has 3 amide bonds. The zero-order chi connectivity index (χ0) is 28.1. The summed E-state index contributed by atoms with van der Waals surface area (Å²) in [4.78, 5) is 41.8. The third-order valence-electron chi connectivity index (χ3n) is 7.88. The van der Waals surface area contributed by atoms with Crippen molar-refractivity contribution in [2.24, 2.45) is 0 Å². The first-order chi connectivity index (χ1) is 19.4. The minimum absolute atomic E-state index is 0.0852. The van der Waals surface area contributed by atoms with Crippen LogP contribution in [0.2, 0.25) is 0 Å². The van der Waals surface area contributed by atoms with Gasteiger partial charge in [-0.15, -0.1) is 0 Å². The van der Waals surface area contributed by atoms with Crippen LogP contribution in [0.25, 0.3) is 11.1 Å². The largest absolute Gasteiger partial charge is 0.352 e. The van der Waals surface area contributed by atoms with E-state index in [9.17, 15) is 14.4 Å². The van der Waals surface area contributed by atoms with Gasteiger partial charge in [-0.05, 0) is 78.7 Å². The normalized spacial score (nSPS) is 17.3. The van der Waals surface area contributed by atoms with Gasteiger partial charge in [-0.25, -0.2) is 0 Å². The van der Waals surface area contributed by atoms with Crippen molar-refractivity contribution >= 4 is 29.1 Å². The SMILES string of the molecule is CCCC(=O)NC1CCCN(Cc2cc(C(=O)Nc3ccc4c(c3)N(C)C(=O)CC4)ccc2-c2ccccc2)C1. The van der Waals surface area contributed by atoms with E-state index in [1.54, 1.807) is 11.9 Å². The Morgan fingerprint density at radius 1 is 1.00 bits per heavy atom. The highest BCUT2D eigenvalue weighted by Gasteiger charge is 2.24. The lowest BCUT2D eigenvalue weighted by Gasteiger charge is -2.33. The predicted molar refractivity (Wildman–Crippen MR) is 159 cm³/mol. The van der Waals surface area contributed by atoms with Crippen LogP contribution in [0.4, 0.5) is 11.4 Å². The third kappa shape index (κ3) is 6.42. The van der Waals surface area contributed by atoms with Crippen molar-refractivity contribution in [3.63, 3.8) is 0 Å². The number of carbonyl (C=O) groups excluding carboxylic acids is 3. The van der Waals surface area contributed by atoms with E-state index in [0.29, 0.717) is 30.6 Å². The number of hydrogen-bond acceptors (Lipinski definition) is 4. The third-order valence-corrected chi connectivity index (χ3v) is 7.88. The molecule has 40 heavy (non-hydrogen) atoms. The lowest BCUT2D eigenvalue weighted by molar-refractivity contribution is -0.122. The van der Waals surface area contributed by atoms with Crippen LogP contribution in [0.5, 0.6) is 0 Å². The summed E-state index contributed by atoms with van der Waals surface area (Å²) in [5.74, 6) is 0.0201. The highest BCUT2D eigenvalue weighted by atomic mass is 16.2. The number of hydrogen-bond donors (Lipinski definition) is 2. The van der Waals surface area contributed by atoms with Crippen LogP contribution in [0.1, 0.15) is 60.5 Å². The smallest absolute Gasteiger partial charge is 0.255 e. The van der Waals surface area contributed by atoms with Gasteiger partial charge in [0.1, 0.15) is 0 Å². The molecule has 0 aromatic heterocycles. The lowest BCUT2D eigenvalue weighted by atomic mass is 9.95. The molecule has 1 atom stereocenters. The highest BCUT2D eigenvalue weighted by Crippen LogP contribution is 2.31. The summed E-state index contributed by atoms with van der Waals surface area (Å²) in [7, 11) is 1.78. The maximum atomic E-state index is 13.4. The van der Waals surface area contributed by atoms with Crippen molar-refractivity contribution in [2.45, 2.75) is 58.0 Å². The predicted octanol–water partition coefficient (Wildman–Crippen LogP) is 5.40. The Bertz CT molecular complexity index is 1390. The fourth-order valence-corrected chi connectivity index (χ4v) is 5.76. The Morgan fingerprint density at radius 3 is 2.62 bits per heavy atom. The number of carbonyl (C=O) groups is 3. The lowest BCUT2D eigenvalue weighted by Crippen LogP contribution is -2.47. The number of likely N-dealkylation sites (tertiary alicyclic amines) is 1. The first kappa shape index (κ1) is 27.6. The number of piperidine rings is 1. The van der Waals surface area contributed by atoms with Crippen molar-refractivity contribution in [3.8, 4) is 11.1 Å². The van der Waals surface area contributed by atoms with Gasteiger partial charge in [0.15, 0.2) is 0 Å². The van der Waals surface area contributed by atoms with Gasteiger partial charge >= 0.3 is 0 Å². The Labute approximate surface area is 236 Å². The summed E-state index contributed by atoms with van der Waals surface area (Å²) in [5.41, 5.74) is 6.50. The summed E-state index contributed by atoms with van der Waals surface area (Å²) in [6, 6.07) is 22.1. The van der Waals surface area contributed by atoms with Crippen LogP contribution < -0.4 is 15.5 Å². The van der Waals surface area contributed by atoms with Crippen LogP contribution >= 0.6 is 0 Å². The van der Waals surface area contributed by atoms with Crippen molar-refractivity contribution in [1.29, 1.82) is 0 Å². The van der Waals surface area contributed by atoms with Gasteiger partial charge in [0.2, 0.25) is 11.8 Å². The molecule has 7 heteroatoms. The van der Waals surface area contributed by atoms with E-state index >= 15 is 0 Å². The molecule has 2 N–H and O–H groups in total. The van der Waals surface area contributed by atoms with Crippen molar-refractivity contribution < 1.29 is 14.4 Å². The second-order valence-corrected chi connectivity index (χ2v) is 10.9. The van der Waals surface area contributed by atoms with E-state index in [1.165, 1.54) is 0 Å². The second-order valence-electron chi connectivity index (χ2n) is 10.9. The van der Waals surface area contributed by atoms with Gasteiger partial charge in [0, 0.05) is 56.0 Å². The molecule has 0 saturated carbocycles. The molecule has 0 radical (unpaired) electrons. The molecule has 0 aliphatic carbocycles. The van der Waals surface area contributed by atoms with Crippen molar-refractivity contribution in [1.82, 2.24) is 10.2 Å². The minimum atomic E-state index is -0.186. The molecule has 1 unspecified atom stereocenters. The van der Waals surface area contributed by atoms with Crippen LogP contribution in [-0.2, 0) is 22.6 Å². The van der Waals surface area contributed by atoms with Crippen LogP contribution in [0.15, 0.2) is 66.7 Å². The maximum Gasteiger partial charge on any atom is 0.255 e. The number of nitrogens with zero attached hydrogens (tertiary/aromatic N) is 2. The topological polar surface area (TPSA) is 81.8 Å². The number of rotatable bonds is 8. The van der Waals surface area contributed by atoms with Crippen LogP contribution in [0.3, 0.4) is 0 Å². The Balaban J connectivity index is 1.37. The molecule has 3 aromatic rings. The Hall–Kier alpha value is -3.97. The number of benzene rings is 3. The molecule has 3 aromatic carbocycles. The monoisotopic (exact) mass is 538 g/mol. The standard InChI is InChI=1S/C33H38N4O3/c1-3-8-31(38)34-28-11-7-18-37(22-28)21-26-19-25(13-16-29(26)23-9-5-4-6-10-23)33(40)35-27-15-12-24-14-17-32(39)36(2)30(24)20-27/h4-6,9-10,12-13,15-16,19-20,28H,3,7-8,11,14,17-18,21-22H2,1-2H3,(H,34,38)(H,35,40). The summed E-state index contributed by atoms with van der Waals surface area (Å²) in [6.45, 7) is 4.46. The Kier molecular flexibility index (Phi) is 8.60. The van der Waals surface area contributed by atoms with Gasteiger partial charge in [0.05, 0.1) is 0 Å². The van der Waals surface area contributed by atoms with E-state index in [-0.39, 0.29) is 23.8 Å². The molecule has 2 heterocycles. The molecule has 2 aliphatic heterocycles. The maximum absolute atomic E-state index is 13.4. The van der Waals surface area contributed by atoms with Gasteiger partial charge < -0.3 is 15.5 Å². The summed E-state index contributed by atoms with van der Waals surface area (Å²) >= 11 is 0. The van der Waals surface area contributed by atoms with Crippen molar-refractivity contribution in [2.75, 3.05) is 30.4 Å². The van der Waals surface area contributed by atoms with Gasteiger partial charge in [-0.3, -0.25) is 19.3 Å². The molecule has 1 fully saturated rings. The number of fused-ring (bicyclic) bond motifs is 1. The van der Waals surface area contributed by atoms with E-state index < -0.39 is 0 Å². The quantitative estimate of drug-likeness (QED) is 0.403. The second kappa shape index (κ2) is 12.5. The van der Waals surface area contributed by atoms with Crippen LogP contribution in [-0.4, -0.2) is 48.8 Å². The summed E-state index contributed by atoms with van der Waals surface area (Å²) < 4.78 is 0. The van der Waals surface area contributed by atoms with Gasteiger partial charge in [0.25, 0.3) is 5.91 Å². The van der Waals surface area contributed by atoms with E-state index in [2.05, 4.69) is 27.7 Å².